The molecule has 2 aromatic rings. The van der Waals surface area contributed by atoms with Crippen molar-refractivity contribution in [2.24, 2.45) is 0 Å². The van der Waals surface area contributed by atoms with Gasteiger partial charge in [-0.25, -0.2) is 4.68 Å². The van der Waals surface area contributed by atoms with Crippen molar-refractivity contribution < 1.29 is 4.79 Å². The van der Waals surface area contributed by atoms with Crippen LogP contribution in [0.2, 0.25) is 0 Å². The normalized spacial score (nSPS) is 10.1. The average molecular weight is 388 g/mol. The average Bonchev–Trinajstić information content (AvgIpc) is 2.85. The van der Waals surface area contributed by atoms with Crippen molar-refractivity contribution in [2.45, 2.75) is 13.8 Å². The van der Waals surface area contributed by atoms with Gasteiger partial charge in [-0.15, -0.1) is 12.4 Å². The zero-order valence-electron chi connectivity index (χ0n) is 12.6. The molecule has 22 heavy (non-hydrogen) atoms. The maximum absolute atomic E-state index is 12.1. The van der Waals surface area contributed by atoms with Gasteiger partial charge in [0.2, 0.25) is 0 Å². The second-order valence-electron chi connectivity index (χ2n) is 4.64. The van der Waals surface area contributed by atoms with Crippen molar-refractivity contribution in [3.8, 4) is 5.69 Å². The maximum Gasteiger partial charge on any atom is 0.254 e. The zero-order valence-corrected chi connectivity index (χ0v) is 15.0. The van der Waals surface area contributed by atoms with Crippen LogP contribution in [0.15, 0.2) is 34.9 Å². The highest BCUT2D eigenvalue weighted by Gasteiger charge is 2.14. The van der Waals surface area contributed by atoms with Crippen molar-refractivity contribution in [1.29, 1.82) is 0 Å². The quantitative estimate of drug-likeness (QED) is 0.749. The van der Waals surface area contributed by atoms with Crippen LogP contribution in [-0.4, -0.2) is 35.3 Å². The zero-order chi connectivity index (χ0) is 15.2. The summed E-state index contributed by atoms with van der Waals surface area (Å²) in [7, 11) is 0. The first kappa shape index (κ1) is 18.7. The number of amides is 1. The minimum Gasteiger partial charge on any atom is -0.351 e. The fourth-order valence-electron chi connectivity index (χ4n) is 2.04. The van der Waals surface area contributed by atoms with Crippen molar-refractivity contribution in [2.75, 3.05) is 19.6 Å². The Bertz CT molecular complexity index is 630. The molecule has 0 bridgehead atoms. The highest BCUT2D eigenvalue weighted by Crippen LogP contribution is 2.18. The Morgan fingerprint density at radius 1 is 1.36 bits per heavy atom. The van der Waals surface area contributed by atoms with Crippen molar-refractivity contribution in [3.05, 3.63) is 46.2 Å². The number of benzene rings is 1. The molecular weight excluding hydrogens is 368 g/mol. The third kappa shape index (κ3) is 4.56. The van der Waals surface area contributed by atoms with Gasteiger partial charge < -0.3 is 10.6 Å². The molecule has 0 spiro atoms. The second kappa shape index (κ2) is 8.92. The lowest BCUT2D eigenvalue weighted by Crippen LogP contribution is -2.31. The third-order valence-electron chi connectivity index (χ3n) is 3.14. The van der Waals surface area contributed by atoms with Gasteiger partial charge in [0.05, 0.1) is 23.1 Å². The minimum atomic E-state index is -0.0911. The molecule has 0 saturated heterocycles. The fraction of sp³-hybridized carbons (Fsp3) is 0.333. The van der Waals surface area contributed by atoms with E-state index in [-0.39, 0.29) is 18.3 Å². The fourth-order valence-corrected chi connectivity index (χ4v) is 2.42. The van der Waals surface area contributed by atoms with Crippen LogP contribution < -0.4 is 10.6 Å². The lowest BCUT2D eigenvalue weighted by Gasteiger charge is -2.07. The van der Waals surface area contributed by atoms with Gasteiger partial charge in [-0.2, -0.15) is 5.10 Å². The molecule has 0 saturated carbocycles. The summed E-state index contributed by atoms with van der Waals surface area (Å²) in [6.07, 6.45) is 1.61. The molecule has 1 heterocycles. The number of carbonyl (C=O) groups is 1. The minimum absolute atomic E-state index is 0. The maximum atomic E-state index is 12.1. The van der Waals surface area contributed by atoms with Gasteiger partial charge >= 0.3 is 0 Å². The number of rotatable bonds is 6. The molecule has 0 radical (unpaired) electrons. The molecular formula is C15H20BrClN4O. The Morgan fingerprint density at radius 3 is 2.82 bits per heavy atom. The van der Waals surface area contributed by atoms with Crippen LogP contribution in [0, 0.1) is 6.92 Å². The van der Waals surface area contributed by atoms with E-state index in [1.807, 2.05) is 38.1 Å². The molecule has 1 aromatic heterocycles. The molecule has 1 aromatic carbocycles. The van der Waals surface area contributed by atoms with E-state index >= 15 is 0 Å². The molecule has 0 unspecified atom stereocenters. The third-order valence-corrected chi connectivity index (χ3v) is 3.64. The lowest BCUT2D eigenvalue weighted by molar-refractivity contribution is 0.0953. The summed E-state index contributed by atoms with van der Waals surface area (Å²) < 4.78 is 2.75. The summed E-state index contributed by atoms with van der Waals surface area (Å²) in [5.74, 6) is -0.0911. The topological polar surface area (TPSA) is 58.9 Å². The smallest absolute Gasteiger partial charge is 0.254 e. The number of halogens is 2. The Hall–Kier alpha value is -1.37. The Kier molecular flexibility index (Phi) is 7.58. The van der Waals surface area contributed by atoms with Gasteiger partial charge in [0.25, 0.3) is 5.91 Å². The van der Waals surface area contributed by atoms with Gasteiger partial charge in [-0.3, -0.25) is 4.79 Å². The molecule has 5 nitrogen and oxygen atoms in total. The number of hydrogen-bond acceptors (Lipinski definition) is 3. The standard InChI is InChI=1S/C15H19BrN4O.ClH/c1-3-17-7-8-18-15(21)14-10-19-20(11(14)2)13-6-4-5-12(16)9-13;/h4-6,9-10,17H,3,7-8H2,1-2H3,(H,18,21);1H. The molecule has 0 atom stereocenters. The first-order valence-corrected chi connectivity index (χ1v) is 7.72. The molecule has 0 aliphatic carbocycles. The highest BCUT2D eigenvalue weighted by atomic mass is 79.9. The molecule has 0 aliphatic heterocycles. The van der Waals surface area contributed by atoms with Gasteiger partial charge in [-0.1, -0.05) is 28.9 Å². The van der Waals surface area contributed by atoms with E-state index in [1.54, 1.807) is 10.9 Å². The number of nitrogens with one attached hydrogen (secondary N) is 2. The van der Waals surface area contributed by atoms with E-state index in [0.717, 1.165) is 28.9 Å². The Labute approximate surface area is 145 Å². The Balaban J connectivity index is 0.00000242. The summed E-state index contributed by atoms with van der Waals surface area (Å²) in [5, 5.41) is 10.4. The monoisotopic (exact) mass is 386 g/mol. The van der Waals surface area contributed by atoms with Crippen molar-refractivity contribution in [3.63, 3.8) is 0 Å². The molecule has 7 heteroatoms. The number of nitrogens with zero attached hydrogens (tertiary/aromatic N) is 2. The van der Waals surface area contributed by atoms with E-state index in [2.05, 4.69) is 31.7 Å². The first-order chi connectivity index (χ1) is 10.1. The van der Waals surface area contributed by atoms with E-state index in [4.69, 9.17) is 0 Å². The molecule has 0 aliphatic rings. The summed E-state index contributed by atoms with van der Waals surface area (Å²) >= 11 is 3.44. The molecule has 120 valence electrons. The van der Waals surface area contributed by atoms with Gasteiger partial charge in [0.15, 0.2) is 0 Å². The Morgan fingerprint density at radius 2 is 2.14 bits per heavy atom. The molecule has 1 amide bonds. The summed E-state index contributed by atoms with van der Waals surface area (Å²) in [5.41, 5.74) is 2.36. The number of aromatic nitrogens is 2. The van der Waals surface area contributed by atoms with Crippen LogP contribution in [0.4, 0.5) is 0 Å². The molecule has 2 rings (SSSR count). The second-order valence-corrected chi connectivity index (χ2v) is 5.56. The number of hydrogen-bond donors (Lipinski definition) is 2. The first-order valence-electron chi connectivity index (χ1n) is 6.93. The SMILES string of the molecule is CCNCCNC(=O)c1cnn(-c2cccc(Br)c2)c1C.Cl. The van der Waals surface area contributed by atoms with Crippen LogP contribution >= 0.6 is 28.3 Å². The van der Waals surface area contributed by atoms with Crippen LogP contribution in [0.25, 0.3) is 5.69 Å². The molecule has 2 N–H and O–H groups in total. The van der Waals surface area contributed by atoms with Crippen LogP contribution in [0.5, 0.6) is 0 Å². The van der Waals surface area contributed by atoms with Crippen molar-refractivity contribution in [1.82, 2.24) is 20.4 Å². The largest absolute Gasteiger partial charge is 0.351 e. The van der Waals surface area contributed by atoms with Gasteiger partial charge in [-0.05, 0) is 31.7 Å². The summed E-state index contributed by atoms with van der Waals surface area (Å²) in [6.45, 7) is 6.20. The number of likely N-dealkylation sites (N-methyl/N-ethyl adjacent to an activating group) is 1. The van der Waals surface area contributed by atoms with Crippen molar-refractivity contribution >= 4 is 34.2 Å². The predicted molar refractivity (Wildman–Crippen MR) is 94.1 cm³/mol. The van der Waals surface area contributed by atoms with E-state index < -0.39 is 0 Å². The van der Waals surface area contributed by atoms with E-state index in [1.165, 1.54) is 0 Å². The van der Waals surface area contributed by atoms with E-state index in [9.17, 15) is 4.79 Å². The summed E-state index contributed by atoms with van der Waals surface area (Å²) in [6, 6.07) is 7.82. The molecule has 0 fully saturated rings. The van der Waals surface area contributed by atoms with E-state index in [0.29, 0.717) is 12.1 Å². The summed E-state index contributed by atoms with van der Waals surface area (Å²) in [4.78, 5) is 12.1. The number of carbonyl (C=O) groups excluding carboxylic acids is 1. The lowest BCUT2D eigenvalue weighted by atomic mass is 10.2. The van der Waals surface area contributed by atoms with Crippen LogP contribution in [-0.2, 0) is 0 Å². The van der Waals surface area contributed by atoms with Gasteiger partial charge in [0, 0.05) is 17.6 Å². The predicted octanol–water partition coefficient (Wildman–Crippen LogP) is 2.70. The van der Waals surface area contributed by atoms with Crippen LogP contribution in [0.1, 0.15) is 23.0 Å². The van der Waals surface area contributed by atoms with Gasteiger partial charge in [0.1, 0.15) is 0 Å². The van der Waals surface area contributed by atoms with Crippen LogP contribution in [0.3, 0.4) is 0 Å². The highest BCUT2D eigenvalue weighted by molar-refractivity contribution is 9.10.